The number of rotatable bonds is 4. The summed E-state index contributed by atoms with van der Waals surface area (Å²) >= 11 is 2.70. The highest BCUT2D eigenvalue weighted by Gasteiger charge is 2.25. The van der Waals surface area contributed by atoms with Crippen molar-refractivity contribution in [2.24, 2.45) is 17.8 Å². The molecule has 24 heavy (non-hydrogen) atoms. The fourth-order valence-electron chi connectivity index (χ4n) is 1.91. The minimum Gasteiger partial charge on any atom is -0.393 e. The van der Waals surface area contributed by atoms with Crippen molar-refractivity contribution in [2.75, 3.05) is 5.73 Å². The molecule has 0 saturated heterocycles. The predicted octanol–water partition coefficient (Wildman–Crippen LogP) is 1.17. The number of allylic oxidation sites excluding steroid dienone is 1. The van der Waals surface area contributed by atoms with Crippen LogP contribution in [0, 0.1) is 0 Å². The fourth-order valence-corrected chi connectivity index (χ4v) is 3.68. The Hall–Kier alpha value is -2.66. The van der Waals surface area contributed by atoms with E-state index in [4.69, 9.17) is 11.5 Å². The smallest absolute Gasteiger partial charge is 0.219 e. The first-order chi connectivity index (χ1) is 11.6. The largest absolute Gasteiger partial charge is 0.393 e. The summed E-state index contributed by atoms with van der Waals surface area (Å²) in [5, 5.41) is 15.1. The first-order valence-electron chi connectivity index (χ1n) is 6.64. The Morgan fingerprint density at radius 1 is 1.42 bits per heavy atom. The van der Waals surface area contributed by atoms with E-state index in [0.29, 0.717) is 10.2 Å². The molecular formula is C13H13N9S2. The van der Waals surface area contributed by atoms with Gasteiger partial charge < -0.3 is 11.5 Å². The van der Waals surface area contributed by atoms with E-state index in [1.165, 1.54) is 29.7 Å². The van der Waals surface area contributed by atoms with Crippen LogP contribution in [0.5, 0.6) is 0 Å². The Bertz CT molecular complexity index is 864. The molecule has 122 valence electrons. The molecule has 1 aliphatic rings. The monoisotopic (exact) mass is 359 g/mol. The lowest BCUT2D eigenvalue weighted by Gasteiger charge is -2.10. The zero-order valence-corrected chi connectivity index (χ0v) is 14.3. The van der Waals surface area contributed by atoms with Gasteiger partial charge in [-0.1, -0.05) is 18.3 Å². The average molecular weight is 359 g/mol. The van der Waals surface area contributed by atoms with E-state index in [1.807, 2.05) is 5.41 Å². The van der Waals surface area contributed by atoms with Crippen LogP contribution in [0.2, 0.25) is 0 Å². The molecule has 3 heterocycles. The van der Waals surface area contributed by atoms with Crippen LogP contribution in [0.3, 0.4) is 0 Å². The molecule has 9 nitrogen and oxygen atoms in total. The molecule has 0 radical (unpaired) electrons. The van der Waals surface area contributed by atoms with Crippen LogP contribution in [-0.4, -0.2) is 35.2 Å². The van der Waals surface area contributed by atoms with Crippen LogP contribution >= 0.6 is 23.5 Å². The van der Waals surface area contributed by atoms with Gasteiger partial charge in [-0.25, -0.2) is 19.6 Å². The van der Waals surface area contributed by atoms with Crippen LogP contribution < -0.4 is 11.5 Å². The summed E-state index contributed by atoms with van der Waals surface area (Å²) in [4.78, 5) is 12.3. The Labute approximate surface area is 146 Å². The molecule has 0 aliphatic carbocycles. The normalized spacial score (nSPS) is 17.9. The van der Waals surface area contributed by atoms with Crippen molar-refractivity contribution >= 4 is 40.1 Å². The first-order valence-corrected chi connectivity index (χ1v) is 8.34. The number of nitrogens with two attached hydrogens (primary N) is 2. The maximum absolute atomic E-state index is 6.32. The maximum atomic E-state index is 6.32. The number of anilines is 1. The number of hydrogen-bond donors (Lipinski definition) is 2. The third-order valence-corrected chi connectivity index (χ3v) is 4.83. The van der Waals surface area contributed by atoms with Gasteiger partial charge in [-0.3, -0.25) is 0 Å². The first kappa shape index (κ1) is 16.2. The number of aromatic nitrogens is 6. The van der Waals surface area contributed by atoms with E-state index >= 15 is 0 Å². The molecule has 4 N–H and O–H groups in total. The van der Waals surface area contributed by atoms with Gasteiger partial charge in [0.15, 0.2) is 0 Å². The van der Waals surface area contributed by atoms with Gasteiger partial charge in [0, 0.05) is 42.4 Å². The Kier molecular flexibility index (Phi) is 4.62. The highest BCUT2D eigenvalue weighted by Crippen LogP contribution is 2.41. The molecule has 11 heteroatoms. The second-order valence-electron chi connectivity index (χ2n) is 4.52. The second kappa shape index (κ2) is 6.84. The van der Waals surface area contributed by atoms with Crippen LogP contribution in [0.4, 0.5) is 5.95 Å². The number of aliphatic imine (C=N–C) groups is 1. The third kappa shape index (κ3) is 3.16. The van der Waals surface area contributed by atoms with Crippen LogP contribution in [0.15, 0.2) is 51.3 Å². The van der Waals surface area contributed by atoms with Gasteiger partial charge in [0.05, 0.1) is 5.03 Å². The summed E-state index contributed by atoms with van der Waals surface area (Å²) in [6.07, 6.45) is 4.77. The summed E-state index contributed by atoms with van der Waals surface area (Å²) in [7, 11) is 1.74. The number of nitrogens with zero attached hydrogens (tertiary/aromatic N) is 7. The second-order valence-corrected chi connectivity index (χ2v) is 6.39. The van der Waals surface area contributed by atoms with Crippen molar-refractivity contribution in [2.45, 2.75) is 5.16 Å². The molecule has 0 amide bonds. The van der Waals surface area contributed by atoms with Crippen LogP contribution in [0.25, 0.3) is 5.57 Å². The van der Waals surface area contributed by atoms with Gasteiger partial charge in [-0.05, 0) is 27.6 Å². The van der Waals surface area contributed by atoms with Gasteiger partial charge in [-0.2, -0.15) is 0 Å². The van der Waals surface area contributed by atoms with Crippen molar-refractivity contribution in [3.63, 3.8) is 0 Å². The standard InChI is InChI=1S/C13H13N9S2/c1-3-16-11-9(10(14)24-13-19-20-21-22(13)2)8(6-23-11)7-4-17-12(15)18-5-7/h3-6H,1,14H2,2H3,(H2,15,17,18)/b10-9+,16-11+. The maximum Gasteiger partial charge on any atom is 0.219 e. The Morgan fingerprint density at radius 3 is 2.79 bits per heavy atom. The van der Waals surface area contributed by atoms with Gasteiger partial charge >= 0.3 is 0 Å². The average Bonchev–Trinajstić information content (AvgIpc) is 3.15. The molecule has 0 saturated carbocycles. The summed E-state index contributed by atoms with van der Waals surface area (Å²) in [6, 6.07) is 0. The summed E-state index contributed by atoms with van der Waals surface area (Å²) in [6.45, 7) is 3.65. The van der Waals surface area contributed by atoms with E-state index < -0.39 is 0 Å². The number of aryl methyl sites for hydroxylation is 1. The molecular weight excluding hydrogens is 346 g/mol. The highest BCUT2D eigenvalue weighted by atomic mass is 32.2. The third-order valence-electron chi connectivity index (χ3n) is 2.99. The summed E-state index contributed by atoms with van der Waals surface area (Å²) < 4.78 is 1.54. The molecule has 0 spiro atoms. The van der Waals surface area contributed by atoms with Crippen molar-refractivity contribution < 1.29 is 0 Å². The van der Waals surface area contributed by atoms with Crippen molar-refractivity contribution in [1.29, 1.82) is 0 Å². The lowest BCUT2D eigenvalue weighted by molar-refractivity contribution is 0.665. The van der Waals surface area contributed by atoms with E-state index in [-0.39, 0.29) is 5.95 Å². The van der Waals surface area contributed by atoms with Gasteiger partial charge in [0.2, 0.25) is 11.1 Å². The fraction of sp³-hybridized carbons (Fsp3) is 0.0769. The molecule has 3 rings (SSSR count). The Balaban J connectivity index is 2.04. The predicted molar refractivity (Wildman–Crippen MR) is 95.5 cm³/mol. The minimum atomic E-state index is 0.211. The minimum absolute atomic E-state index is 0.211. The van der Waals surface area contributed by atoms with Crippen molar-refractivity contribution in [3.8, 4) is 0 Å². The number of thioether (sulfide) groups is 2. The molecule has 1 aliphatic heterocycles. The zero-order valence-electron chi connectivity index (χ0n) is 12.6. The molecule has 0 bridgehead atoms. The van der Waals surface area contributed by atoms with Crippen LogP contribution in [0.1, 0.15) is 5.56 Å². The molecule has 0 fully saturated rings. The van der Waals surface area contributed by atoms with Gasteiger partial charge in [0.25, 0.3) is 0 Å². The molecule has 2 aromatic heterocycles. The van der Waals surface area contributed by atoms with Crippen molar-refractivity contribution in [3.05, 3.63) is 46.7 Å². The number of hydrogen-bond acceptors (Lipinski definition) is 10. The Morgan fingerprint density at radius 2 is 2.17 bits per heavy atom. The molecule has 0 aromatic carbocycles. The van der Waals surface area contributed by atoms with E-state index in [1.54, 1.807) is 24.1 Å². The van der Waals surface area contributed by atoms with Crippen molar-refractivity contribution in [1.82, 2.24) is 30.2 Å². The lowest BCUT2D eigenvalue weighted by Crippen LogP contribution is -2.07. The van der Waals surface area contributed by atoms with E-state index in [0.717, 1.165) is 21.8 Å². The summed E-state index contributed by atoms with van der Waals surface area (Å²) in [5.74, 6) is 0.211. The molecule has 0 unspecified atom stereocenters. The highest BCUT2D eigenvalue weighted by molar-refractivity contribution is 8.17. The van der Waals surface area contributed by atoms with Gasteiger partial charge in [0.1, 0.15) is 5.04 Å². The number of nitrogen functional groups attached to an aromatic ring is 1. The summed E-state index contributed by atoms with van der Waals surface area (Å²) in [5.41, 5.74) is 14.3. The number of tetrazole rings is 1. The molecule has 2 aromatic rings. The van der Waals surface area contributed by atoms with Gasteiger partial charge in [-0.15, -0.1) is 5.10 Å². The SMILES string of the molecule is C=C/N=C1/SC=C(c2cnc(N)nc2)/C1=C(/N)Sc1nnnn1C. The van der Waals surface area contributed by atoms with Crippen LogP contribution in [-0.2, 0) is 7.05 Å². The van der Waals surface area contributed by atoms with E-state index in [2.05, 4.69) is 37.1 Å². The van der Waals surface area contributed by atoms with E-state index in [9.17, 15) is 0 Å². The lowest BCUT2D eigenvalue weighted by atomic mass is 10.0. The molecule has 0 atom stereocenters. The topological polar surface area (TPSA) is 134 Å². The zero-order chi connectivity index (χ0) is 17.1. The quantitative estimate of drug-likeness (QED) is 0.771.